The van der Waals surface area contributed by atoms with Gasteiger partial charge in [0.15, 0.2) is 0 Å². The molecule has 8 heteroatoms. The van der Waals surface area contributed by atoms with E-state index in [1.54, 1.807) is 31.4 Å². The lowest BCUT2D eigenvalue weighted by Gasteiger charge is -2.25. The minimum atomic E-state index is -3.69. The quantitative estimate of drug-likeness (QED) is 0.692. The third-order valence-corrected chi connectivity index (χ3v) is 5.43. The van der Waals surface area contributed by atoms with E-state index < -0.39 is 15.9 Å². The van der Waals surface area contributed by atoms with E-state index >= 15 is 0 Å². The zero-order chi connectivity index (χ0) is 20.7. The summed E-state index contributed by atoms with van der Waals surface area (Å²) in [6.07, 6.45) is 1.72. The number of amides is 1. The van der Waals surface area contributed by atoms with Crippen molar-refractivity contribution in [3.8, 4) is 11.5 Å². The average Bonchev–Trinajstić information content (AvgIpc) is 2.69. The van der Waals surface area contributed by atoms with Crippen molar-refractivity contribution in [2.45, 2.75) is 19.4 Å². The van der Waals surface area contributed by atoms with Crippen LogP contribution in [-0.4, -0.2) is 41.3 Å². The van der Waals surface area contributed by atoms with E-state index in [1.807, 2.05) is 31.2 Å². The molecule has 0 aromatic heterocycles. The van der Waals surface area contributed by atoms with Crippen LogP contribution in [0.2, 0.25) is 0 Å². The predicted molar refractivity (Wildman–Crippen MR) is 109 cm³/mol. The number of benzene rings is 2. The summed E-state index contributed by atoms with van der Waals surface area (Å²) in [4.78, 5) is 12.7. The van der Waals surface area contributed by atoms with Crippen molar-refractivity contribution in [3.05, 3.63) is 54.1 Å². The van der Waals surface area contributed by atoms with Crippen molar-refractivity contribution in [2.24, 2.45) is 0 Å². The Hall–Kier alpha value is -2.74. The van der Waals surface area contributed by atoms with Gasteiger partial charge in [-0.05, 0) is 36.2 Å². The first-order valence-corrected chi connectivity index (χ1v) is 10.7. The van der Waals surface area contributed by atoms with Crippen LogP contribution in [0.15, 0.2) is 48.5 Å². The summed E-state index contributed by atoms with van der Waals surface area (Å²) >= 11 is 0. The number of anilines is 1. The number of sulfonamides is 1. The third kappa shape index (κ3) is 5.39. The summed E-state index contributed by atoms with van der Waals surface area (Å²) in [5, 5.41) is 2.90. The molecule has 2 rings (SSSR count). The molecule has 2 aromatic rings. The smallest absolute Gasteiger partial charge is 0.241 e. The van der Waals surface area contributed by atoms with E-state index in [0.29, 0.717) is 17.9 Å². The summed E-state index contributed by atoms with van der Waals surface area (Å²) in [5.74, 6) is 0.700. The number of carbonyl (C=O) groups is 1. The first-order chi connectivity index (χ1) is 13.3. The van der Waals surface area contributed by atoms with Gasteiger partial charge in [0.2, 0.25) is 15.9 Å². The normalized spacial score (nSPS) is 12.1. The monoisotopic (exact) mass is 406 g/mol. The largest absolute Gasteiger partial charge is 0.497 e. The first kappa shape index (κ1) is 21.6. The highest BCUT2D eigenvalue weighted by Crippen LogP contribution is 2.29. The molecule has 0 fully saturated rings. The Labute approximate surface area is 166 Å². The van der Waals surface area contributed by atoms with Crippen molar-refractivity contribution < 1.29 is 22.7 Å². The molecule has 0 saturated carbocycles. The lowest BCUT2D eigenvalue weighted by atomic mass is 10.0. The zero-order valence-corrected chi connectivity index (χ0v) is 17.3. The van der Waals surface area contributed by atoms with Crippen molar-refractivity contribution in [1.82, 2.24) is 5.32 Å². The fourth-order valence-electron chi connectivity index (χ4n) is 2.84. The highest BCUT2D eigenvalue weighted by molar-refractivity contribution is 7.92. The highest BCUT2D eigenvalue weighted by atomic mass is 32.2. The maximum Gasteiger partial charge on any atom is 0.241 e. The van der Waals surface area contributed by atoms with Crippen molar-refractivity contribution >= 4 is 21.6 Å². The number of carbonyl (C=O) groups excluding carboxylic acids is 1. The molecule has 0 radical (unpaired) electrons. The molecule has 0 aliphatic heterocycles. The number of hydrogen-bond acceptors (Lipinski definition) is 5. The summed E-state index contributed by atoms with van der Waals surface area (Å²) in [5.41, 5.74) is 1.24. The lowest BCUT2D eigenvalue weighted by molar-refractivity contribution is -0.120. The maximum absolute atomic E-state index is 12.7. The van der Waals surface area contributed by atoms with Crippen molar-refractivity contribution in [1.29, 1.82) is 0 Å². The van der Waals surface area contributed by atoms with Crippen molar-refractivity contribution in [3.63, 3.8) is 0 Å². The van der Waals surface area contributed by atoms with E-state index in [2.05, 4.69) is 5.32 Å². The van der Waals surface area contributed by atoms with Gasteiger partial charge in [-0.15, -0.1) is 0 Å². The molecular formula is C20H26N2O5S. The van der Waals surface area contributed by atoms with Crippen LogP contribution in [0.5, 0.6) is 11.5 Å². The number of hydrogen-bond donors (Lipinski definition) is 1. The number of ether oxygens (including phenoxy) is 2. The molecule has 0 aliphatic rings. The molecule has 152 valence electrons. The fourth-order valence-corrected chi connectivity index (χ4v) is 3.70. The summed E-state index contributed by atoms with van der Waals surface area (Å²) in [6, 6.07) is 13.8. The average molecular weight is 407 g/mol. The SMILES string of the molecule is CC[C@H](NC(=O)CN(c1ccccc1OC)S(C)(=O)=O)c1ccc(OC)cc1. The number of methoxy groups -OCH3 is 2. The standard InChI is InChI=1S/C20H26N2O5S/c1-5-17(15-10-12-16(26-2)13-11-15)21-20(23)14-22(28(4,24)25)18-8-6-7-9-19(18)27-3/h6-13,17H,5,14H2,1-4H3,(H,21,23)/t17-/m0/s1. The lowest BCUT2D eigenvalue weighted by Crippen LogP contribution is -2.41. The topological polar surface area (TPSA) is 84.9 Å². The molecule has 2 aromatic carbocycles. The summed E-state index contributed by atoms with van der Waals surface area (Å²) in [7, 11) is -0.642. The van der Waals surface area contributed by atoms with Gasteiger partial charge in [-0.2, -0.15) is 0 Å². The van der Waals surface area contributed by atoms with Crippen LogP contribution in [0.4, 0.5) is 5.69 Å². The number of nitrogens with one attached hydrogen (secondary N) is 1. The molecule has 0 aliphatic carbocycles. The second kappa shape index (κ2) is 9.45. The van der Waals surface area contributed by atoms with Gasteiger partial charge in [0.25, 0.3) is 0 Å². The number of nitrogens with zero attached hydrogens (tertiary/aromatic N) is 1. The van der Waals surface area contributed by atoms with Crippen LogP contribution in [0.1, 0.15) is 24.9 Å². The van der Waals surface area contributed by atoms with E-state index in [-0.39, 0.29) is 12.6 Å². The van der Waals surface area contributed by atoms with Gasteiger partial charge in [0.1, 0.15) is 18.0 Å². The number of rotatable bonds is 9. The van der Waals surface area contributed by atoms with Crippen LogP contribution >= 0.6 is 0 Å². The Kier molecular flexibility index (Phi) is 7.28. The van der Waals surface area contributed by atoms with Crippen LogP contribution in [0.3, 0.4) is 0 Å². The zero-order valence-electron chi connectivity index (χ0n) is 16.5. The molecule has 0 spiro atoms. The van der Waals surface area contributed by atoms with Gasteiger partial charge < -0.3 is 14.8 Å². The minimum Gasteiger partial charge on any atom is -0.497 e. The first-order valence-electron chi connectivity index (χ1n) is 8.84. The van der Waals surface area contributed by atoms with Gasteiger partial charge in [-0.1, -0.05) is 31.2 Å². The van der Waals surface area contributed by atoms with Crippen LogP contribution in [0.25, 0.3) is 0 Å². The van der Waals surface area contributed by atoms with Gasteiger partial charge in [0, 0.05) is 0 Å². The molecule has 0 bridgehead atoms. The molecule has 1 atom stereocenters. The van der Waals surface area contributed by atoms with Gasteiger partial charge in [-0.25, -0.2) is 8.42 Å². The Balaban J connectivity index is 2.20. The molecule has 1 N–H and O–H groups in total. The minimum absolute atomic E-state index is 0.238. The van der Waals surface area contributed by atoms with E-state index in [1.165, 1.54) is 7.11 Å². The highest BCUT2D eigenvalue weighted by Gasteiger charge is 2.24. The molecule has 0 unspecified atom stereocenters. The maximum atomic E-state index is 12.7. The second-order valence-corrected chi connectivity index (χ2v) is 8.15. The van der Waals surface area contributed by atoms with E-state index in [4.69, 9.17) is 9.47 Å². The molecule has 7 nitrogen and oxygen atoms in total. The summed E-state index contributed by atoms with van der Waals surface area (Å²) in [6.45, 7) is 1.61. The van der Waals surface area contributed by atoms with E-state index in [0.717, 1.165) is 21.9 Å². The molecular weight excluding hydrogens is 380 g/mol. The molecule has 1 amide bonds. The molecule has 28 heavy (non-hydrogen) atoms. The Morgan fingerprint density at radius 1 is 1.07 bits per heavy atom. The fraction of sp³-hybridized carbons (Fsp3) is 0.350. The summed E-state index contributed by atoms with van der Waals surface area (Å²) < 4.78 is 36.1. The van der Waals surface area contributed by atoms with Crippen molar-refractivity contribution in [2.75, 3.05) is 31.3 Å². The Bertz CT molecular complexity index is 897. The molecule has 0 saturated heterocycles. The molecule has 0 heterocycles. The third-order valence-electron chi connectivity index (χ3n) is 4.30. The predicted octanol–water partition coefficient (Wildman–Crippen LogP) is 2.74. The van der Waals surface area contributed by atoms with Crippen LogP contribution in [-0.2, 0) is 14.8 Å². The van der Waals surface area contributed by atoms with Crippen LogP contribution in [0, 0.1) is 0 Å². The number of para-hydroxylation sites is 2. The van der Waals surface area contributed by atoms with E-state index in [9.17, 15) is 13.2 Å². The van der Waals surface area contributed by atoms with Gasteiger partial charge in [0.05, 0.1) is 32.2 Å². The second-order valence-electron chi connectivity index (χ2n) is 6.24. The Morgan fingerprint density at radius 3 is 2.25 bits per heavy atom. The van der Waals surface area contributed by atoms with Crippen LogP contribution < -0.4 is 19.1 Å². The Morgan fingerprint density at radius 2 is 1.71 bits per heavy atom. The van der Waals surface area contributed by atoms with Gasteiger partial charge in [-0.3, -0.25) is 9.10 Å². The van der Waals surface area contributed by atoms with Gasteiger partial charge >= 0.3 is 0 Å².